The normalized spacial score (nSPS) is 10.2. The van der Waals surface area contributed by atoms with Gasteiger partial charge in [-0.15, -0.1) is 0 Å². The summed E-state index contributed by atoms with van der Waals surface area (Å²) in [4.78, 5) is 20.7. The molecule has 0 saturated carbocycles. The fourth-order valence-electron chi connectivity index (χ4n) is 2.33. The molecule has 8 heteroatoms. The molecule has 7 nitrogen and oxygen atoms in total. The minimum atomic E-state index is -0.247. The summed E-state index contributed by atoms with van der Waals surface area (Å²) in [6, 6.07) is 14.4. The van der Waals surface area contributed by atoms with E-state index >= 15 is 0 Å². The van der Waals surface area contributed by atoms with Crippen molar-refractivity contribution < 1.29 is 14.3 Å². The minimum Gasteiger partial charge on any atom is -0.495 e. The van der Waals surface area contributed by atoms with Gasteiger partial charge < -0.3 is 20.1 Å². The van der Waals surface area contributed by atoms with Gasteiger partial charge in [-0.25, -0.2) is 4.98 Å². The number of aromatic nitrogens is 2. The van der Waals surface area contributed by atoms with Gasteiger partial charge in [0.15, 0.2) is 0 Å². The number of benzene rings is 2. The van der Waals surface area contributed by atoms with Crippen LogP contribution in [0.2, 0.25) is 0 Å². The van der Waals surface area contributed by atoms with Crippen molar-refractivity contribution in [2.45, 2.75) is 0 Å². The molecule has 0 unspecified atom stereocenters. The van der Waals surface area contributed by atoms with Gasteiger partial charge in [0.2, 0.25) is 11.8 Å². The van der Waals surface area contributed by atoms with Crippen LogP contribution in [0.5, 0.6) is 17.4 Å². The fourth-order valence-corrected chi connectivity index (χ4v) is 2.61. The maximum Gasteiger partial charge on any atom is 0.254 e. The molecule has 0 atom stereocenters. The number of carbonyl (C=O) groups excluding carboxylic acids is 1. The molecule has 0 fully saturated rings. The van der Waals surface area contributed by atoms with Crippen molar-refractivity contribution in [1.29, 1.82) is 0 Å². The standard InChI is InChI=1S/C19H17BrN4O3/c1-21-17(25)12-7-3-5-9-15(12)27-18-13(20)11-22-19(24-18)23-14-8-4-6-10-16(14)26-2/h3-11H,1-2H3,(H,21,25)(H,22,23,24). The number of halogens is 1. The first-order valence-electron chi connectivity index (χ1n) is 8.04. The molecule has 138 valence electrons. The monoisotopic (exact) mass is 428 g/mol. The van der Waals surface area contributed by atoms with Crippen LogP contribution in [0.15, 0.2) is 59.2 Å². The molecule has 0 bridgehead atoms. The largest absolute Gasteiger partial charge is 0.495 e. The maximum atomic E-state index is 12.0. The third-order valence-corrected chi connectivity index (χ3v) is 4.17. The smallest absolute Gasteiger partial charge is 0.254 e. The van der Waals surface area contributed by atoms with Gasteiger partial charge in [-0.3, -0.25) is 4.79 Å². The quantitative estimate of drug-likeness (QED) is 0.613. The lowest BCUT2D eigenvalue weighted by molar-refractivity contribution is 0.0960. The van der Waals surface area contributed by atoms with Crippen LogP contribution in [0.1, 0.15) is 10.4 Å². The molecule has 0 spiro atoms. The van der Waals surface area contributed by atoms with Crippen LogP contribution in [0.25, 0.3) is 0 Å². The van der Waals surface area contributed by atoms with E-state index in [9.17, 15) is 4.79 Å². The van der Waals surface area contributed by atoms with Crippen molar-refractivity contribution >= 4 is 33.5 Å². The number of anilines is 2. The van der Waals surface area contributed by atoms with E-state index in [-0.39, 0.29) is 11.8 Å². The van der Waals surface area contributed by atoms with Crippen LogP contribution >= 0.6 is 15.9 Å². The highest BCUT2D eigenvalue weighted by Crippen LogP contribution is 2.32. The average molecular weight is 429 g/mol. The molecule has 27 heavy (non-hydrogen) atoms. The Morgan fingerprint density at radius 3 is 2.52 bits per heavy atom. The Kier molecular flexibility index (Phi) is 5.87. The van der Waals surface area contributed by atoms with E-state index in [2.05, 4.69) is 36.5 Å². The van der Waals surface area contributed by atoms with Crippen molar-refractivity contribution in [3.8, 4) is 17.4 Å². The average Bonchev–Trinajstić information content (AvgIpc) is 2.70. The molecule has 0 aliphatic heterocycles. The molecule has 0 radical (unpaired) electrons. The van der Waals surface area contributed by atoms with Gasteiger partial charge in [-0.2, -0.15) is 4.98 Å². The molecule has 0 aliphatic carbocycles. The van der Waals surface area contributed by atoms with Gasteiger partial charge in [0, 0.05) is 7.05 Å². The Morgan fingerprint density at radius 1 is 1.07 bits per heavy atom. The highest BCUT2D eigenvalue weighted by atomic mass is 79.9. The molecule has 3 rings (SSSR count). The number of nitrogens with one attached hydrogen (secondary N) is 2. The van der Waals surface area contributed by atoms with Crippen molar-refractivity contribution in [1.82, 2.24) is 15.3 Å². The van der Waals surface area contributed by atoms with Crippen molar-refractivity contribution in [3.63, 3.8) is 0 Å². The highest BCUT2D eigenvalue weighted by molar-refractivity contribution is 9.10. The van der Waals surface area contributed by atoms with E-state index in [1.54, 1.807) is 44.6 Å². The van der Waals surface area contributed by atoms with E-state index in [4.69, 9.17) is 9.47 Å². The summed E-state index contributed by atoms with van der Waals surface area (Å²) in [6.07, 6.45) is 1.57. The molecule has 1 aromatic heterocycles. The highest BCUT2D eigenvalue weighted by Gasteiger charge is 2.15. The summed E-state index contributed by atoms with van der Waals surface area (Å²) in [5, 5.41) is 5.69. The Labute approximate surface area is 164 Å². The summed E-state index contributed by atoms with van der Waals surface area (Å²) in [6.45, 7) is 0. The molecule has 3 aromatic rings. The summed E-state index contributed by atoms with van der Waals surface area (Å²) in [5.74, 6) is 1.41. The lowest BCUT2D eigenvalue weighted by atomic mass is 10.2. The van der Waals surface area contributed by atoms with Crippen LogP contribution in [0.3, 0.4) is 0 Å². The molecule has 1 heterocycles. The van der Waals surface area contributed by atoms with Gasteiger partial charge in [-0.1, -0.05) is 24.3 Å². The van der Waals surface area contributed by atoms with Gasteiger partial charge in [0.1, 0.15) is 11.5 Å². The van der Waals surface area contributed by atoms with Crippen LogP contribution < -0.4 is 20.1 Å². The summed E-state index contributed by atoms with van der Waals surface area (Å²) in [5.41, 5.74) is 1.13. The van der Waals surface area contributed by atoms with Gasteiger partial charge in [0.25, 0.3) is 5.91 Å². The third-order valence-electron chi connectivity index (χ3n) is 3.63. The number of carbonyl (C=O) groups is 1. The van der Waals surface area contributed by atoms with Crippen molar-refractivity contribution in [2.24, 2.45) is 0 Å². The van der Waals surface area contributed by atoms with Crippen LogP contribution in [-0.4, -0.2) is 30.0 Å². The van der Waals surface area contributed by atoms with E-state index < -0.39 is 0 Å². The van der Waals surface area contributed by atoms with Crippen LogP contribution in [0.4, 0.5) is 11.6 Å². The zero-order valence-corrected chi connectivity index (χ0v) is 16.3. The zero-order chi connectivity index (χ0) is 19.2. The topological polar surface area (TPSA) is 85.4 Å². The third kappa shape index (κ3) is 4.35. The summed E-state index contributed by atoms with van der Waals surface area (Å²) < 4.78 is 11.7. The number of nitrogens with zero attached hydrogens (tertiary/aromatic N) is 2. The molecular weight excluding hydrogens is 412 g/mol. The first kappa shape index (κ1) is 18.7. The van der Waals surface area contributed by atoms with E-state index in [0.717, 1.165) is 5.69 Å². The van der Waals surface area contributed by atoms with Crippen molar-refractivity contribution in [3.05, 3.63) is 64.8 Å². The molecule has 2 aromatic carbocycles. The van der Waals surface area contributed by atoms with E-state index in [1.807, 2.05) is 24.3 Å². The zero-order valence-electron chi connectivity index (χ0n) is 14.7. The number of para-hydroxylation sites is 3. The second-order valence-corrected chi connectivity index (χ2v) is 6.20. The predicted octanol–water partition coefficient (Wildman–Crippen LogP) is 4.14. The molecule has 0 saturated heterocycles. The Balaban J connectivity index is 1.90. The number of ether oxygens (including phenoxy) is 2. The van der Waals surface area contributed by atoms with Gasteiger partial charge >= 0.3 is 0 Å². The lowest BCUT2D eigenvalue weighted by Crippen LogP contribution is -2.18. The lowest BCUT2D eigenvalue weighted by Gasteiger charge is -2.13. The minimum absolute atomic E-state index is 0.247. The van der Waals surface area contributed by atoms with E-state index in [0.29, 0.717) is 27.5 Å². The number of hydrogen-bond acceptors (Lipinski definition) is 6. The maximum absolute atomic E-state index is 12.0. The Morgan fingerprint density at radius 2 is 1.78 bits per heavy atom. The number of methoxy groups -OCH3 is 1. The fraction of sp³-hybridized carbons (Fsp3) is 0.105. The van der Waals surface area contributed by atoms with Crippen LogP contribution in [0, 0.1) is 0 Å². The number of amides is 1. The molecular formula is C19H17BrN4O3. The second kappa shape index (κ2) is 8.50. The second-order valence-electron chi connectivity index (χ2n) is 5.35. The Hall–Kier alpha value is -3.13. The first-order chi connectivity index (χ1) is 13.1. The predicted molar refractivity (Wildman–Crippen MR) is 106 cm³/mol. The number of rotatable bonds is 6. The summed E-state index contributed by atoms with van der Waals surface area (Å²) >= 11 is 3.38. The Bertz CT molecular complexity index is 965. The SMILES string of the molecule is CNC(=O)c1ccccc1Oc1nc(Nc2ccccc2OC)ncc1Br. The van der Waals surface area contributed by atoms with Gasteiger partial charge in [0.05, 0.1) is 29.0 Å². The summed E-state index contributed by atoms with van der Waals surface area (Å²) in [7, 11) is 3.15. The van der Waals surface area contributed by atoms with Crippen LogP contribution in [-0.2, 0) is 0 Å². The van der Waals surface area contributed by atoms with Gasteiger partial charge in [-0.05, 0) is 40.2 Å². The molecule has 2 N–H and O–H groups in total. The number of hydrogen-bond donors (Lipinski definition) is 2. The van der Waals surface area contributed by atoms with Crippen molar-refractivity contribution in [2.75, 3.05) is 19.5 Å². The molecule has 1 amide bonds. The van der Waals surface area contributed by atoms with E-state index in [1.165, 1.54) is 0 Å². The first-order valence-corrected chi connectivity index (χ1v) is 8.83. The molecule has 0 aliphatic rings.